The Labute approximate surface area is 140 Å². The molecule has 0 amide bonds. The van der Waals surface area contributed by atoms with Gasteiger partial charge in [0.2, 0.25) is 0 Å². The summed E-state index contributed by atoms with van der Waals surface area (Å²) >= 11 is 6.83. The zero-order valence-corrected chi connectivity index (χ0v) is 14.6. The Bertz CT molecular complexity index is 647. The molecule has 0 bridgehead atoms. The first kappa shape index (κ1) is 16.0. The van der Waals surface area contributed by atoms with E-state index in [2.05, 4.69) is 42.2 Å². The van der Waals surface area contributed by atoms with Gasteiger partial charge in [-0.3, -0.25) is 4.98 Å². The number of nitrogens with zero attached hydrogens (tertiary/aromatic N) is 1. The fourth-order valence-corrected chi connectivity index (χ4v) is 2.90. The van der Waals surface area contributed by atoms with Crippen molar-refractivity contribution in [3.63, 3.8) is 0 Å². The Hall–Kier alpha value is -1.40. The molecule has 2 rings (SSSR count). The van der Waals surface area contributed by atoms with Gasteiger partial charge in [0, 0.05) is 20.8 Å². The zero-order chi connectivity index (χ0) is 15.2. The lowest BCUT2D eigenvalue weighted by atomic mass is 10.1. The highest BCUT2D eigenvalue weighted by Crippen LogP contribution is 2.22. The summed E-state index contributed by atoms with van der Waals surface area (Å²) in [6, 6.07) is 9.20. The zero-order valence-electron chi connectivity index (χ0n) is 11.4. The van der Waals surface area contributed by atoms with Gasteiger partial charge in [-0.1, -0.05) is 12.1 Å². The smallest absolute Gasteiger partial charge is 0.340 e. The van der Waals surface area contributed by atoms with Crippen LogP contribution in [0.2, 0.25) is 0 Å². The second-order valence-electron chi connectivity index (χ2n) is 4.20. The average Bonchev–Trinajstić information content (AvgIpc) is 2.47. The van der Waals surface area contributed by atoms with Crippen LogP contribution in [0.15, 0.2) is 45.5 Å². The third kappa shape index (κ3) is 4.28. The van der Waals surface area contributed by atoms with Crippen molar-refractivity contribution < 1.29 is 9.53 Å². The van der Waals surface area contributed by atoms with Crippen molar-refractivity contribution in [2.45, 2.75) is 13.5 Å². The molecule has 0 unspecified atom stereocenters. The van der Waals surface area contributed by atoms with Crippen LogP contribution in [-0.4, -0.2) is 17.6 Å². The maximum absolute atomic E-state index is 11.9. The van der Waals surface area contributed by atoms with E-state index < -0.39 is 0 Å². The summed E-state index contributed by atoms with van der Waals surface area (Å²) in [7, 11) is 0. The molecule has 0 radical (unpaired) electrons. The minimum Gasteiger partial charge on any atom is -0.462 e. The number of hydrogen-bond acceptors (Lipinski definition) is 4. The molecular weight excluding hydrogens is 400 g/mol. The van der Waals surface area contributed by atoms with Gasteiger partial charge < -0.3 is 10.1 Å². The fraction of sp³-hybridized carbons (Fsp3) is 0.200. The monoisotopic (exact) mass is 412 g/mol. The van der Waals surface area contributed by atoms with Gasteiger partial charge in [0.25, 0.3) is 0 Å². The summed E-state index contributed by atoms with van der Waals surface area (Å²) in [5, 5.41) is 3.22. The largest absolute Gasteiger partial charge is 0.462 e. The van der Waals surface area contributed by atoms with E-state index in [4.69, 9.17) is 4.74 Å². The number of carbonyl (C=O) groups excluding carboxylic acids is 1. The Morgan fingerprint density at radius 1 is 1.33 bits per heavy atom. The van der Waals surface area contributed by atoms with Gasteiger partial charge in [0.15, 0.2) is 0 Å². The van der Waals surface area contributed by atoms with Crippen LogP contribution in [0.3, 0.4) is 0 Å². The standard InChI is InChI=1S/C15H14Br2N2O2/c1-2-21-15(20)11-5-3-4-6-13(11)19-9-14-12(17)7-10(16)8-18-14/h3-8,19H,2,9H2,1H3. The summed E-state index contributed by atoms with van der Waals surface area (Å²) in [4.78, 5) is 16.2. The first-order valence-corrected chi connectivity index (χ1v) is 8.00. The topological polar surface area (TPSA) is 51.2 Å². The molecule has 1 heterocycles. The van der Waals surface area contributed by atoms with E-state index in [-0.39, 0.29) is 5.97 Å². The average molecular weight is 414 g/mol. The molecule has 110 valence electrons. The number of hydrogen-bond donors (Lipinski definition) is 1. The number of benzene rings is 1. The maximum atomic E-state index is 11.9. The SMILES string of the molecule is CCOC(=O)c1ccccc1NCc1ncc(Br)cc1Br. The Balaban J connectivity index is 2.14. The number of anilines is 1. The van der Waals surface area contributed by atoms with Crippen molar-refractivity contribution in [1.82, 2.24) is 4.98 Å². The highest BCUT2D eigenvalue weighted by molar-refractivity contribution is 9.11. The summed E-state index contributed by atoms with van der Waals surface area (Å²) in [5.74, 6) is -0.330. The van der Waals surface area contributed by atoms with Gasteiger partial charge in [-0.15, -0.1) is 0 Å². The second kappa shape index (κ2) is 7.56. The number of ether oxygens (including phenoxy) is 1. The predicted molar refractivity (Wildman–Crippen MR) is 89.4 cm³/mol. The molecule has 0 fully saturated rings. The molecule has 2 aromatic rings. The number of aromatic nitrogens is 1. The number of carbonyl (C=O) groups is 1. The van der Waals surface area contributed by atoms with Gasteiger partial charge in [-0.05, 0) is 57.0 Å². The molecule has 0 saturated carbocycles. The van der Waals surface area contributed by atoms with Crippen molar-refractivity contribution in [3.8, 4) is 0 Å². The van der Waals surface area contributed by atoms with Crippen LogP contribution >= 0.6 is 31.9 Å². The number of rotatable bonds is 5. The number of nitrogens with one attached hydrogen (secondary N) is 1. The first-order chi connectivity index (χ1) is 10.1. The van der Waals surface area contributed by atoms with E-state index in [0.29, 0.717) is 18.7 Å². The molecule has 0 saturated heterocycles. The number of esters is 1. The van der Waals surface area contributed by atoms with E-state index in [1.165, 1.54) is 0 Å². The lowest BCUT2D eigenvalue weighted by Gasteiger charge is -2.11. The van der Waals surface area contributed by atoms with E-state index in [1.54, 1.807) is 19.2 Å². The quantitative estimate of drug-likeness (QED) is 0.738. The predicted octanol–water partition coefficient (Wildman–Crippen LogP) is 4.40. The lowest BCUT2D eigenvalue weighted by molar-refractivity contribution is 0.0527. The second-order valence-corrected chi connectivity index (χ2v) is 5.97. The van der Waals surface area contributed by atoms with Gasteiger partial charge in [-0.25, -0.2) is 4.79 Å². The molecular formula is C15H14Br2N2O2. The first-order valence-electron chi connectivity index (χ1n) is 6.41. The van der Waals surface area contributed by atoms with E-state index in [9.17, 15) is 4.79 Å². The molecule has 0 aliphatic carbocycles. The Morgan fingerprint density at radius 2 is 2.10 bits per heavy atom. The van der Waals surface area contributed by atoms with E-state index in [1.807, 2.05) is 24.3 Å². The highest BCUT2D eigenvalue weighted by atomic mass is 79.9. The molecule has 4 nitrogen and oxygen atoms in total. The van der Waals surface area contributed by atoms with E-state index in [0.717, 1.165) is 20.3 Å². The number of pyridine rings is 1. The van der Waals surface area contributed by atoms with Crippen molar-refractivity contribution in [1.29, 1.82) is 0 Å². The van der Waals surface area contributed by atoms with Crippen LogP contribution in [0, 0.1) is 0 Å². The van der Waals surface area contributed by atoms with Gasteiger partial charge in [0.1, 0.15) is 0 Å². The van der Waals surface area contributed by atoms with E-state index >= 15 is 0 Å². The van der Waals surface area contributed by atoms with Crippen molar-refractivity contribution in [3.05, 3.63) is 56.7 Å². The highest BCUT2D eigenvalue weighted by Gasteiger charge is 2.12. The van der Waals surface area contributed by atoms with Gasteiger partial charge >= 0.3 is 5.97 Å². The molecule has 0 aliphatic rings. The van der Waals surface area contributed by atoms with Crippen LogP contribution in [0.5, 0.6) is 0 Å². The molecule has 0 aliphatic heterocycles. The van der Waals surface area contributed by atoms with Crippen LogP contribution in [-0.2, 0) is 11.3 Å². The molecule has 1 aromatic carbocycles. The Kier molecular flexibility index (Phi) is 5.76. The molecule has 21 heavy (non-hydrogen) atoms. The third-order valence-electron chi connectivity index (χ3n) is 2.75. The number of para-hydroxylation sites is 1. The third-order valence-corrected chi connectivity index (χ3v) is 3.87. The molecule has 1 N–H and O–H groups in total. The molecule has 0 spiro atoms. The minimum atomic E-state index is -0.330. The van der Waals surface area contributed by atoms with Crippen molar-refractivity contribution in [2.24, 2.45) is 0 Å². The normalized spacial score (nSPS) is 10.2. The maximum Gasteiger partial charge on any atom is 0.340 e. The molecule has 6 heteroatoms. The van der Waals surface area contributed by atoms with Crippen LogP contribution in [0.25, 0.3) is 0 Å². The fourth-order valence-electron chi connectivity index (χ4n) is 1.78. The van der Waals surface area contributed by atoms with Crippen LogP contribution < -0.4 is 5.32 Å². The summed E-state index contributed by atoms with van der Waals surface area (Å²) < 4.78 is 6.86. The summed E-state index contributed by atoms with van der Waals surface area (Å²) in [6.45, 7) is 2.65. The summed E-state index contributed by atoms with van der Waals surface area (Å²) in [6.07, 6.45) is 1.74. The van der Waals surface area contributed by atoms with Gasteiger partial charge in [-0.2, -0.15) is 0 Å². The molecule has 0 atom stereocenters. The van der Waals surface area contributed by atoms with Crippen LogP contribution in [0.1, 0.15) is 23.0 Å². The minimum absolute atomic E-state index is 0.330. The number of halogens is 2. The van der Waals surface area contributed by atoms with Crippen LogP contribution in [0.4, 0.5) is 5.69 Å². The van der Waals surface area contributed by atoms with Gasteiger partial charge in [0.05, 0.1) is 24.4 Å². The van der Waals surface area contributed by atoms with Crippen molar-refractivity contribution >= 4 is 43.5 Å². The summed E-state index contributed by atoms with van der Waals surface area (Å²) in [5.41, 5.74) is 2.11. The molecule has 1 aromatic heterocycles. The van der Waals surface area contributed by atoms with Crippen molar-refractivity contribution in [2.75, 3.05) is 11.9 Å². The lowest BCUT2D eigenvalue weighted by Crippen LogP contribution is -2.10. The Morgan fingerprint density at radius 3 is 2.81 bits per heavy atom.